The van der Waals surface area contributed by atoms with E-state index in [0.717, 1.165) is 5.57 Å². The van der Waals surface area contributed by atoms with Crippen molar-refractivity contribution in [1.29, 1.82) is 0 Å². The van der Waals surface area contributed by atoms with Gasteiger partial charge in [-0.05, 0) is 6.07 Å². The second kappa shape index (κ2) is 2.31. The molecule has 1 aliphatic rings. The summed E-state index contributed by atoms with van der Waals surface area (Å²) < 4.78 is 2.18. The fourth-order valence-corrected chi connectivity index (χ4v) is 1.60. The molecule has 0 atom stereocenters. The average molecular weight is 158 g/mol. The highest BCUT2D eigenvalue weighted by atomic mass is 15.0. The van der Waals surface area contributed by atoms with E-state index in [4.69, 9.17) is 0 Å². The Bertz CT molecular complexity index is 386. The summed E-state index contributed by atoms with van der Waals surface area (Å²) in [5.74, 6) is 0. The first kappa shape index (κ1) is 7.29. The normalized spacial score (nSPS) is 15.3. The third-order valence-corrected chi connectivity index (χ3v) is 2.53. The largest absolute Gasteiger partial charge is 0.213 e. The molecule has 1 heteroatoms. The van der Waals surface area contributed by atoms with E-state index in [1.165, 1.54) is 17.0 Å². The van der Waals surface area contributed by atoms with E-state index in [9.17, 15) is 0 Å². The summed E-state index contributed by atoms with van der Waals surface area (Å²) in [4.78, 5) is 0. The number of fused-ring (bicyclic) bond motifs is 1. The fourth-order valence-electron chi connectivity index (χ4n) is 1.60. The number of allylic oxidation sites excluding steroid dienone is 1. The summed E-state index contributed by atoms with van der Waals surface area (Å²) in [7, 11) is 2.08. The van der Waals surface area contributed by atoms with Gasteiger partial charge in [-0.2, -0.15) is 4.58 Å². The van der Waals surface area contributed by atoms with Gasteiger partial charge in [0.05, 0.1) is 5.56 Å². The quantitative estimate of drug-likeness (QED) is 0.510. The topological polar surface area (TPSA) is 3.01 Å². The molecule has 0 radical (unpaired) electrons. The molecule has 60 valence electrons. The van der Waals surface area contributed by atoms with Gasteiger partial charge in [0, 0.05) is 18.6 Å². The van der Waals surface area contributed by atoms with Crippen molar-refractivity contribution >= 4 is 17.0 Å². The highest BCUT2D eigenvalue weighted by molar-refractivity contribution is 6.23. The van der Waals surface area contributed by atoms with Crippen LogP contribution in [0.3, 0.4) is 0 Å². The van der Waals surface area contributed by atoms with E-state index >= 15 is 0 Å². The summed E-state index contributed by atoms with van der Waals surface area (Å²) in [6.07, 6.45) is 0. The molecular weight excluding hydrogens is 146 g/mol. The molecule has 0 amide bonds. The van der Waals surface area contributed by atoms with Crippen molar-refractivity contribution in [2.75, 3.05) is 7.05 Å². The Morgan fingerprint density at radius 3 is 2.58 bits per heavy atom. The van der Waals surface area contributed by atoms with Gasteiger partial charge in [-0.25, -0.2) is 0 Å². The van der Waals surface area contributed by atoms with Crippen molar-refractivity contribution in [3.05, 3.63) is 36.4 Å². The van der Waals surface area contributed by atoms with Crippen molar-refractivity contribution in [2.45, 2.75) is 6.92 Å². The molecule has 0 bridgehead atoms. The smallest absolute Gasteiger partial charge is 0.198 e. The van der Waals surface area contributed by atoms with Crippen LogP contribution in [-0.4, -0.2) is 17.3 Å². The molecule has 0 saturated heterocycles. The van der Waals surface area contributed by atoms with Crippen LogP contribution in [0.5, 0.6) is 0 Å². The van der Waals surface area contributed by atoms with Gasteiger partial charge < -0.3 is 0 Å². The number of rotatable bonds is 0. The van der Waals surface area contributed by atoms with Crippen LogP contribution in [0.1, 0.15) is 12.5 Å². The highest BCUT2D eigenvalue weighted by Gasteiger charge is 2.26. The van der Waals surface area contributed by atoms with Crippen LogP contribution < -0.4 is 0 Å². The molecule has 0 unspecified atom stereocenters. The van der Waals surface area contributed by atoms with Crippen LogP contribution in [0.15, 0.2) is 30.8 Å². The SMILES string of the molecule is C=C1C(C)=[N+](C)c2ccccc21. The monoisotopic (exact) mass is 158 g/mol. The van der Waals surface area contributed by atoms with E-state index < -0.39 is 0 Å². The molecule has 1 aromatic rings. The van der Waals surface area contributed by atoms with E-state index in [2.05, 4.69) is 49.4 Å². The maximum absolute atomic E-state index is 4.05. The molecule has 1 nitrogen and oxygen atoms in total. The second-order valence-electron chi connectivity index (χ2n) is 3.14. The van der Waals surface area contributed by atoms with Gasteiger partial charge in [-0.1, -0.05) is 18.7 Å². The van der Waals surface area contributed by atoms with Crippen LogP contribution in [0.25, 0.3) is 5.57 Å². The Hall–Kier alpha value is -1.37. The van der Waals surface area contributed by atoms with Crippen molar-refractivity contribution in [3.63, 3.8) is 0 Å². The lowest BCUT2D eigenvalue weighted by atomic mass is 10.1. The van der Waals surface area contributed by atoms with E-state index in [-0.39, 0.29) is 0 Å². The van der Waals surface area contributed by atoms with Crippen LogP contribution in [0.4, 0.5) is 5.69 Å². The molecule has 0 aromatic heterocycles. The molecule has 1 heterocycles. The molecule has 0 saturated carbocycles. The molecule has 0 N–H and O–H groups in total. The molecule has 0 fully saturated rings. The summed E-state index contributed by atoms with van der Waals surface area (Å²) in [5.41, 5.74) is 4.92. The second-order valence-corrected chi connectivity index (χ2v) is 3.14. The van der Waals surface area contributed by atoms with Gasteiger partial charge >= 0.3 is 0 Å². The molecule has 0 aliphatic carbocycles. The molecule has 1 aliphatic heterocycles. The third kappa shape index (κ3) is 0.765. The predicted molar refractivity (Wildman–Crippen MR) is 52.0 cm³/mol. The van der Waals surface area contributed by atoms with Crippen molar-refractivity contribution < 1.29 is 4.58 Å². The number of nitrogens with zero attached hydrogens (tertiary/aromatic N) is 1. The standard InChI is InChI=1S/C11H12N/c1-8-9(2)12(3)11-7-5-4-6-10(8)11/h4-7H,1H2,2-3H3/q+1. The highest BCUT2D eigenvalue weighted by Crippen LogP contribution is 2.31. The lowest BCUT2D eigenvalue weighted by Gasteiger charge is -1.91. The van der Waals surface area contributed by atoms with E-state index in [0.29, 0.717) is 0 Å². The summed E-state index contributed by atoms with van der Waals surface area (Å²) in [6, 6.07) is 8.35. The maximum atomic E-state index is 4.05. The zero-order valence-corrected chi connectivity index (χ0v) is 7.46. The summed E-state index contributed by atoms with van der Waals surface area (Å²) >= 11 is 0. The zero-order chi connectivity index (χ0) is 8.72. The summed E-state index contributed by atoms with van der Waals surface area (Å²) in [6.45, 7) is 6.15. The van der Waals surface area contributed by atoms with E-state index in [1.54, 1.807) is 0 Å². The Kier molecular flexibility index (Phi) is 1.40. The first-order valence-electron chi connectivity index (χ1n) is 4.08. The lowest BCUT2D eigenvalue weighted by molar-refractivity contribution is -0.401. The number of benzene rings is 1. The lowest BCUT2D eigenvalue weighted by Crippen LogP contribution is -2.01. The van der Waals surface area contributed by atoms with Gasteiger partial charge in [0.15, 0.2) is 5.71 Å². The van der Waals surface area contributed by atoms with Crippen molar-refractivity contribution in [2.24, 2.45) is 0 Å². The van der Waals surface area contributed by atoms with Gasteiger partial charge in [-0.3, -0.25) is 0 Å². The third-order valence-electron chi connectivity index (χ3n) is 2.53. The van der Waals surface area contributed by atoms with Gasteiger partial charge in [0.2, 0.25) is 5.69 Å². The molecule has 12 heavy (non-hydrogen) atoms. The van der Waals surface area contributed by atoms with Crippen LogP contribution in [-0.2, 0) is 0 Å². The first-order valence-corrected chi connectivity index (χ1v) is 4.08. The van der Waals surface area contributed by atoms with Crippen molar-refractivity contribution in [3.8, 4) is 0 Å². The molecular formula is C11H12N+. The van der Waals surface area contributed by atoms with Crippen LogP contribution >= 0.6 is 0 Å². The first-order chi connectivity index (χ1) is 5.72. The summed E-state index contributed by atoms with van der Waals surface area (Å²) in [5, 5.41) is 0. The minimum Gasteiger partial charge on any atom is -0.198 e. The Morgan fingerprint density at radius 1 is 1.25 bits per heavy atom. The van der Waals surface area contributed by atoms with Gasteiger partial charge in [-0.15, -0.1) is 0 Å². The van der Waals surface area contributed by atoms with Crippen LogP contribution in [0, 0.1) is 0 Å². The Morgan fingerprint density at radius 2 is 1.92 bits per heavy atom. The van der Waals surface area contributed by atoms with Crippen molar-refractivity contribution in [1.82, 2.24) is 0 Å². The minimum absolute atomic E-state index is 1.15. The zero-order valence-electron chi connectivity index (χ0n) is 7.46. The van der Waals surface area contributed by atoms with Gasteiger partial charge in [0.25, 0.3) is 0 Å². The number of para-hydroxylation sites is 1. The maximum Gasteiger partial charge on any atom is 0.213 e. The predicted octanol–water partition coefficient (Wildman–Crippen LogP) is 2.45. The van der Waals surface area contributed by atoms with Crippen LogP contribution in [0.2, 0.25) is 0 Å². The number of hydrogen-bond acceptors (Lipinski definition) is 0. The molecule has 1 aromatic carbocycles. The minimum atomic E-state index is 1.15. The number of hydrogen-bond donors (Lipinski definition) is 0. The molecule has 2 rings (SSSR count). The van der Waals surface area contributed by atoms with Gasteiger partial charge in [0.1, 0.15) is 7.05 Å². The fraction of sp³-hybridized carbons (Fsp3) is 0.182. The average Bonchev–Trinajstić information content (AvgIpc) is 2.33. The Labute approximate surface area is 72.7 Å². The molecule has 0 spiro atoms. The van der Waals surface area contributed by atoms with E-state index in [1.807, 2.05) is 0 Å². The Balaban J connectivity index is 2.73.